The fourth-order valence-electron chi connectivity index (χ4n) is 4.51. The fourth-order valence-corrected chi connectivity index (χ4v) is 4.51. The predicted octanol–water partition coefficient (Wildman–Crippen LogP) is 5.53. The standard InChI is InChI=1S/C34H46N4O7/c1-33(2,3)44-30(40)27(18-12-13-19-35-31(41)43-22-23-14-8-7-9-15-23)37-29(39)28(38-32(42)45-34(4,5)6)20-24-21-36-26-17-11-10-16-25(24)26/h7-11,14-17,21,27-28,36H,12-13,18-20,22H2,1-6H3,(H,35,41)(H,37,39)(H,38,42)/t27-,28?/m0/s1. The van der Waals surface area contributed by atoms with Crippen LogP contribution >= 0.6 is 0 Å². The van der Waals surface area contributed by atoms with Gasteiger partial charge < -0.3 is 35.1 Å². The van der Waals surface area contributed by atoms with Gasteiger partial charge in [-0.15, -0.1) is 0 Å². The molecule has 11 nitrogen and oxygen atoms in total. The fraction of sp³-hybridized carbons (Fsp3) is 0.471. The molecule has 2 atom stereocenters. The van der Waals surface area contributed by atoms with Crippen molar-refractivity contribution in [2.75, 3.05) is 6.54 Å². The lowest BCUT2D eigenvalue weighted by molar-refractivity contribution is -0.159. The van der Waals surface area contributed by atoms with Crippen LogP contribution in [0.5, 0.6) is 0 Å². The van der Waals surface area contributed by atoms with Crippen LogP contribution < -0.4 is 16.0 Å². The zero-order valence-electron chi connectivity index (χ0n) is 27.0. The number of hydrogen-bond acceptors (Lipinski definition) is 7. The average molecular weight is 623 g/mol. The maximum absolute atomic E-state index is 13.7. The second-order valence-electron chi connectivity index (χ2n) is 12.8. The molecule has 1 aromatic heterocycles. The molecule has 0 aliphatic heterocycles. The Morgan fingerprint density at radius 1 is 0.778 bits per heavy atom. The van der Waals surface area contributed by atoms with E-state index in [0.717, 1.165) is 22.0 Å². The summed E-state index contributed by atoms with van der Waals surface area (Å²) in [6, 6.07) is 15.0. The molecule has 2 aromatic carbocycles. The number of aromatic amines is 1. The van der Waals surface area contributed by atoms with Gasteiger partial charge in [-0.25, -0.2) is 14.4 Å². The number of hydrogen-bond donors (Lipinski definition) is 4. The Kier molecular flexibility index (Phi) is 12.4. The smallest absolute Gasteiger partial charge is 0.408 e. The minimum atomic E-state index is -1.04. The molecule has 0 fully saturated rings. The zero-order chi connectivity index (χ0) is 33.0. The number of rotatable bonds is 13. The van der Waals surface area contributed by atoms with Crippen molar-refractivity contribution in [3.63, 3.8) is 0 Å². The highest BCUT2D eigenvalue weighted by Gasteiger charge is 2.31. The lowest BCUT2D eigenvalue weighted by Crippen LogP contribution is -2.54. The third-order valence-electron chi connectivity index (χ3n) is 6.52. The maximum Gasteiger partial charge on any atom is 0.408 e. The Morgan fingerprint density at radius 3 is 2.13 bits per heavy atom. The Bertz CT molecular complexity index is 1420. The molecule has 244 valence electrons. The Balaban J connectivity index is 1.64. The summed E-state index contributed by atoms with van der Waals surface area (Å²) >= 11 is 0. The SMILES string of the molecule is CC(C)(C)OC(=O)NC(Cc1c[nH]c2ccccc12)C(=O)N[C@@H](CCCCNC(=O)OCc1ccccc1)C(=O)OC(C)(C)C. The number of para-hydroxylation sites is 1. The summed E-state index contributed by atoms with van der Waals surface area (Å²) in [7, 11) is 0. The van der Waals surface area contributed by atoms with Gasteiger partial charge in [-0.2, -0.15) is 0 Å². The number of esters is 1. The van der Waals surface area contributed by atoms with Crippen LogP contribution in [0.2, 0.25) is 0 Å². The molecule has 3 aromatic rings. The summed E-state index contributed by atoms with van der Waals surface area (Å²) in [5, 5.41) is 9.10. The van der Waals surface area contributed by atoms with Crippen LogP contribution in [0.25, 0.3) is 10.9 Å². The quantitative estimate of drug-likeness (QED) is 0.111. The van der Waals surface area contributed by atoms with Gasteiger partial charge >= 0.3 is 18.2 Å². The number of carbonyl (C=O) groups is 4. The minimum Gasteiger partial charge on any atom is -0.458 e. The molecule has 3 amide bonds. The van der Waals surface area contributed by atoms with Crippen molar-refractivity contribution >= 4 is 35.0 Å². The van der Waals surface area contributed by atoms with Crippen LogP contribution in [-0.4, -0.2) is 58.9 Å². The number of carbonyl (C=O) groups excluding carboxylic acids is 4. The van der Waals surface area contributed by atoms with E-state index in [4.69, 9.17) is 14.2 Å². The second kappa shape index (κ2) is 16.0. The molecule has 0 bridgehead atoms. The number of ether oxygens (including phenoxy) is 3. The third-order valence-corrected chi connectivity index (χ3v) is 6.52. The van der Waals surface area contributed by atoms with Gasteiger partial charge in [0.2, 0.25) is 5.91 Å². The first-order valence-corrected chi connectivity index (χ1v) is 15.2. The Hall–Kier alpha value is -4.54. The number of alkyl carbamates (subject to hydrolysis) is 2. The number of H-pyrrole nitrogens is 1. The number of amides is 3. The highest BCUT2D eigenvalue weighted by atomic mass is 16.6. The van der Waals surface area contributed by atoms with Crippen LogP contribution in [0.15, 0.2) is 60.8 Å². The number of aromatic nitrogens is 1. The molecule has 11 heteroatoms. The van der Waals surface area contributed by atoms with Gasteiger partial charge in [0.15, 0.2) is 0 Å². The first kappa shape index (κ1) is 34.9. The van der Waals surface area contributed by atoms with E-state index in [0.29, 0.717) is 19.4 Å². The highest BCUT2D eigenvalue weighted by molar-refractivity contribution is 5.91. The number of benzene rings is 2. The van der Waals surface area contributed by atoms with E-state index in [2.05, 4.69) is 20.9 Å². The van der Waals surface area contributed by atoms with Crippen LogP contribution in [-0.2, 0) is 36.8 Å². The van der Waals surface area contributed by atoms with E-state index in [9.17, 15) is 19.2 Å². The molecule has 3 rings (SSSR count). The van der Waals surface area contributed by atoms with Crippen LogP contribution in [0, 0.1) is 0 Å². The molecular formula is C34H46N4O7. The van der Waals surface area contributed by atoms with Crippen molar-refractivity contribution in [3.05, 3.63) is 71.9 Å². The van der Waals surface area contributed by atoms with Gasteiger partial charge in [0.05, 0.1) is 0 Å². The van der Waals surface area contributed by atoms with Gasteiger partial charge in [-0.05, 0) is 78.0 Å². The van der Waals surface area contributed by atoms with Crippen molar-refractivity contribution in [3.8, 4) is 0 Å². The van der Waals surface area contributed by atoms with Crippen molar-refractivity contribution in [1.82, 2.24) is 20.9 Å². The first-order valence-electron chi connectivity index (χ1n) is 15.2. The summed E-state index contributed by atoms with van der Waals surface area (Å²) in [6.45, 7) is 10.9. The summed E-state index contributed by atoms with van der Waals surface area (Å²) < 4.78 is 16.3. The molecule has 0 radical (unpaired) electrons. The normalized spacial score (nSPS) is 12.9. The Morgan fingerprint density at radius 2 is 1.44 bits per heavy atom. The molecule has 0 saturated heterocycles. The molecule has 4 N–H and O–H groups in total. The van der Waals surface area contributed by atoms with Gasteiger partial charge in [-0.3, -0.25) is 4.79 Å². The topological polar surface area (TPSA) is 148 Å². The van der Waals surface area contributed by atoms with Crippen LogP contribution in [0.3, 0.4) is 0 Å². The number of fused-ring (bicyclic) bond motifs is 1. The lowest BCUT2D eigenvalue weighted by Gasteiger charge is -2.27. The van der Waals surface area contributed by atoms with Crippen molar-refractivity contribution < 1.29 is 33.4 Å². The van der Waals surface area contributed by atoms with Gasteiger partial charge in [0.1, 0.15) is 29.9 Å². The van der Waals surface area contributed by atoms with Gasteiger partial charge in [-0.1, -0.05) is 48.5 Å². The monoisotopic (exact) mass is 622 g/mol. The summed E-state index contributed by atoms with van der Waals surface area (Å²) in [6.07, 6.45) is 1.95. The van der Waals surface area contributed by atoms with E-state index in [1.807, 2.05) is 54.6 Å². The molecule has 1 unspecified atom stereocenters. The first-order chi connectivity index (χ1) is 21.2. The molecule has 0 spiro atoms. The van der Waals surface area contributed by atoms with Crippen molar-refractivity contribution in [1.29, 1.82) is 0 Å². The average Bonchev–Trinajstić information content (AvgIpc) is 3.36. The molecule has 45 heavy (non-hydrogen) atoms. The molecule has 1 heterocycles. The number of nitrogens with one attached hydrogen (secondary N) is 4. The van der Waals surface area contributed by atoms with E-state index in [1.165, 1.54) is 0 Å². The van der Waals surface area contributed by atoms with E-state index in [1.54, 1.807) is 47.7 Å². The highest BCUT2D eigenvalue weighted by Crippen LogP contribution is 2.20. The third kappa shape index (κ3) is 12.5. The Labute approximate surface area is 264 Å². The zero-order valence-corrected chi connectivity index (χ0v) is 27.0. The van der Waals surface area contributed by atoms with E-state index < -0.39 is 47.3 Å². The summed E-state index contributed by atoms with van der Waals surface area (Å²) in [5.74, 6) is -1.14. The summed E-state index contributed by atoms with van der Waals surface area (Å²) in [4.78, 5) is 54.8. The van der Waals surface area contributed by atoms with E-state index >= 15 is 0 Å². The molecule has 0 aliphatic carbocycles. The molecular weight excluding hydrogens is 576 g/mol. The summed E-state index contributed by atoms with van der Waals surface area (Å²) in [5.41, 5.74) is 1.05. The van der Waals surface area contributed by atoms with Crippen molar-refractivity contribution in [2.45, 2.75) is 97.1 Å². The molecule has 0 saturated carbocycles. The van der Waals surface area contributed by atoms with Crippen LogP contribution in [0.4, 0.5) is 9.59 Å². The van der Waals surface area contributed by atoms with Crippen LogP contribution in [0.1, 0.15) is 71.9 Å². The van der Waals surface area contributed by atoms with Gasteiger partial charge in [0.25, 0.3) is 0 Å². The largest absolute Gasteiger partial charge is 0.458 e. The minimum absolute atomic E-state index is 0.158. The van der Waals surface area contributed by atoms with Crippen molar-refractivity contribution in [2.24, 2.45) is 0 Å². The molecule has 0 aliphatic rings. The lowest BCUT2D eigenvalue weighted by atomic mass is 10.0. The second-order valence-corrected chi connectivity index (χ2v) is 12.8. The predicted molar refractivity (Wildman–Crippen MR) is 171 cm³/mol. The van der Waals surface area contributed by atoms with Gasteiger partial charge in [0, 0.05) is 30.1 Å². The maximum atomic E-state index is 13.7. The van der Waals surface area contributed by atoms with E-state index in [-0.39, 0.29) is 19.4 Å². The number of unbranched alkanes of at least 4 members (excludes halogenated alkanes) is 1.